The summed E-state index contributed by atoms with van der Waals surface area (Å²) in [6.07, 6.45) is 2.03. The molecule has 0 aliphatic heterocycles. The molecule has 0 amide bonds. The van der Waals surface area contributed by atoms with E-state index in [-0.39, 0.29) is 6.10 Å². The van der Waals surface area contributed by atoms with E-state index in [1.54, 1.807) is 7.11 Å². The molecule has 1 aromatic heterocycles. The van der Waals surface area contributed by atoms with Crippen molar-refractivity contribution in [3.8, 4) is 0 Å². The van der Waals surface area contributed by atoms with Crippen LogP contribution in [0.1, 0.15) is 55.6 Å². The van der Waals surface area contributed by atoms with Crippen LogP contribution in [-0.4, -0.2) is 36.8 Å². The number of aryl methyl sites for hydroxylation is 2. The van der Waals surface area contributed by atoms with Crippen molar-refractivity contribution in [2.75, 3.05) is 26.9 Å². The molecule has 0 aliphatic carbocycles. The van der Waals surface area contributed by atoms with Gasteiger partial charge in [-0.25, -0.2) is 9.97 Å². The van der Waals surface area contributed by atoms with Crippen LogP contribution in [0.5, 0.6) is 0 Å². The van der Waals surface area contributed by atoms with Gasteiger partial charge in [-0.1, -0.05) is 13.3 Å². The molecule has 5 nitrogen and oxygen atoms in total. The molecule has 120 valence electrons. The van der Waals surface area contributed by atoms with Gasteiger partial charge in [0.25, 0.3) is 0 Å². The minimum absolute atomic E-state index is 0.00732. The first-order valence-corrected chi connectivity index (χ1v) is 7.79. The third kappa shape index (κ3) is 5.69. The van der Waals surface area contributed by atoms with Gasteiger partial charge in [0.2, 0.25) is 0 Å². The Balaban J connectivity index is 2.82. The van der Waals surface area contributed by atoms with Crippen LogP contribution in [-0.2, 0) is 16.0 Å². The Bertz CT molecular complexity index is 395. The quantitative estimate of drug-likeness (QED) is 0.673. The summed E-state index contributed by atoms with van der Waals surface area (Å²) < 4.78 is 10.8. The first kappa shape index (κ1) is 18.0. The topological polar surface area (TPSA) is 56.3 Å². The van der Waals surface area contributed by atoms with Crippen molar-refractivity contribution in [2.24, 2.45) is 0 Å². The first-order chi connectivity index (χ1) is 10.1. The molecule has 1 atom stereocenters. The molecule has 0 saturated heterocycles. The van der Waals surface area contributed by atoms with Crippen LogP contribution in [0.15, 0.2) is 0 Å². The number of nitrogens with one attached hydrogen (secondary N) is 1. The van der Waals surface area contributed by atoms with Crippen LogP contribution < -0.4 is 5.32 Å². The second-order valence-corrected chi connectivity index (χ2v) is 5.13. The van der Waals surface area contributed by atoms with E-state index in [0.717, 1.165) is 43.1 Å². The Morgan fingerprint density at radius 3 is 2.33 bits per heavy atom. The Hall–Kier alpha value is -1.04. The molecule has 21 heavy (non-hydrogen) atoms. The van der Waals surface area contributed by atoms with Gasteiger partial charge in [-0.15, -0.1) is 0 Å². The zero-order valence-corrected chi connectivity index (χ0v) is 14.0. The summed E-state index contributed by atoms with van der Waals surface area (Å²) in [6.45, 7) is 11.2. The predicted molar refractivity (Wildman–Crippen MR) is 84.4 cm³/mol. The van der Waals surface area contributed by atoms with Crippen LogP contribution in [0.25, 0.3) is 0 Å². The molecule has 0 aliphatic rings. The maximum absolute atomic E-state index is 5.77. The number of ether oxygens (including phenoxy) is 2. The van der Waals surface area contributed by atoms with E-state index in [2.05, 4.69) is 22.2 Å². The van der Waals surface area contributed by atoms with Gasteiger partial charge >= 0.3 is 0 Å². The lowest BCUT2D eigenvalue weighted by atomic mass is 10.1. The average molecular weight is 295 g/mol. The molecule has 0 spiro atoms. The predicted octanol–water partition coefficient (Wildman–Crippen LogP) is 2.71. The van der Waals surface area contributed by atoms with Gasteiger partial charge in [-0.05, 0) is 27.2 Å². The minimum atomic E-state index is 0.00732. The Morgan fingerprint density at radius 2 is 1.81 bits per heavy atom. The highest BCUT2D eigenvalue weighted by molar-refractivity contribution is 5.24. The summed E-state index contributed by atoms with van der Waals surface area (Å²) in [5.74, 6) is 0.814. The molecule has 5 heteroatoms. The molecule has 0 radical (unpaired) electrons. The van der Waals surface area contributed by atoms with E-state index in [0.29, 0.717) is 13.2 Å². The van der Waals surface area contributed by atoms with Crippen molar-refractivity contribution >= 4 is 0 Å². The van der Waals surface area contributed by atoms with Crippen LogP contribution in [0, 0.1) is 13.8 Å². The highest BCUT2D eigenvalue weighted by Crippen LogP contribution is 2.21. The van der Waals surface area contributed by atoms with Gasteiger partial charge in [0.05, 0.1) is 6.61 Å². The molecule has 1 N–H and O–H groups in total. The molecule has 0 fully saturated rings. The Labute approximate surface area is 128 Å². The maximum atomic E-state index is 5.77. The first-order valence-electron chi connectivity index (χ1n) is 7.79. The average Bonchev–Trinajstić information content (AvgIpc) is 2.45. The molecule has 0 bridgehead atoms. The summed E-state index contributed by atoms with van der Waals surface area (Å²) in [7, 11) is 1.71. The van der Waals surface area contributed by atoms with Gasteiger partial charge < -0.3 is 14.8 Å². The normalized spacial score (nSPS) is 12.6. The SMILES string of the molecule is CCCC(OCC)c1nc(C)c(CNCCOC)c(C)n1. The smallest absolute Gasteiger partial charge is 0.157 e. The van der Waals surface area contributed by atoms with Crippen molar-refractivity contribution in [2.45, 2.75) is 53.2 Å². The summed E-state index contributed by atoms with van der Waals surface area (Å²) in [4.78, 5) is 9.33. The molecule has 1 heterocycles. The lowest BCUT2D eigenvalue weighted by Crippen LogP contribution is -2.21. The van der Waals surface area contributed by atoms with Crippen molar-refractivity contribution in [1.82, 2.24) is 15.3 Å². The van der Waals surface area contributed by atoms with E-state index in [9.17, 15) is 0 Å². The lowest BCUT2D eigenvalue weighted by molar-refractivity contribution is 0.0491. The number of aromatic nitrogens is 2. The third-order valence-corrected chi connectivity index (χ3v) is 3.43. The van der Waals surface area contributed by atoms with Crippen molar-refractivity contribution in [1.29, 1.82) is 0 Å². The fourth-order valence-electron chi connectivity index (χ4n) is 2.30. The van der Waals surface area contributed by atoms with Gasteiger partial charge in [-0.2, -0.15) is 0 Å². The Kier molecular flexibility index (Phi) is 8.42. The van der Waals surface area contributed by atoms with Gasteiger partial charge in [0, 0.05) is 43.8 Å². The number of methoxy groups -OCH3 is 1. The van der Waals surface area contributed by atoms with Gasteiger partial charge in [0.15, 0.2) is 5.82 Å². The van der Waals surface area contributed by atoms with Crippen LogP contribution in [0.2, 0.25) is 0 Å². The lowest BCUT2D eigenvalue weighted by Gasteiger charge is -2.18. The number of hydrogen-bond acceptors (Lipinski definition) is 5. The zero-order valence-electron chi connectivity index (χ0n) is 14.0. The van der Waals surface area contributed by atoms with Gasteiger partial charge in [0.1, 0.15) is 6.10 Å². The molecule has 1 unspecified atom stereocenters. The van der Waals surface area contributed by atoms with E-state index in [4.69, 9.17) is 9.47 Å². The van der Waals surface area contributed by atoms with Crippen molar-refractivity contribution in [3.63, 3.8) is 0 Å². The molecular formula is C16H29N3O2. The highest BCUT2D eigenvalue weighted by atomic mass is 16.5. The van der Waals surface area contributed by atoms with Crippen LogP contribution in [0.3, 0.4) is 0 Å². The summed E-state index contributed by atoms with van der Waals surface area (Å²) in [5, 5.41) is 3.35. The molecule has 1 aromatic rings. The number of hydrogen-bond donors (Lipinski definition) is 1. The van der Waals surface area contributed by atoms with E-state index in [1.165, 1.54) is 5.56 Å². The Morgan fingerprint density at radius 1 is 1.14 bits per heavy atom. The van der Waals surface area contributed by atoms with Gasteiger partial charge in [-0.3, -0.25) is 0 Å². The summed E-state index contributed by atoms with van der Waals surface area (Å²) >= 11 is 0. The van der Waals surface area contributed by atoms with E-state index < -0.39 is 0 Å². The van der Waals surface area contributed by atoms with Crippen LogP contribution >= 0.6 is 0 Å². The van der Waals surface area contributed by atoms with Crippen molar-refractivity contribution in [3.05, 3.63) is 22.8 Å². The number of nitrogens with zero attached hydrogens (tertiary/aromatic N) is 2. The number of rotatable bonds is 10. The second kappa shape index (κ2) is 9.82. The molecule has 0 saturated carbocycles. The van der Waals surface area contributed by atoms with Crippen LogP contribution in [0.4, 0.5) is 0 Å². The molecule has 1 rings (SSSR count). The maximum Gasteiger partial charge on any atom is 0.157 e. The standard InChI is InChI=1S/C16H29N3O2/c1-6-8-15(21-7-2)16-18-12(3)14(13(4)19-16)11-17-9-10-20-5/h15,17H,6-11H2,1-5H3. The zero-order chi connectivity index (χ0) is 15.7. The molecular weight excluding hydrogens is 266 g/mol. The largest absolute Gasteiger partial charge is 0.383 e. The minimum Gasteiger partial charge on any atom is -0.383 e. The van der Waals surface area contributed by atoms with E-state index in [1.807, 2.05) is 20.8 Å². The third-order valence-electron chi connectivity index (χ3n) is 3.43. The molecule has 0 aromatic carbocycles. The summed E-state index contributed by atoms with van der Waals surface area (Å²) in [5.41, 5.74) is 3.23. The van der Waals surface area contributed by atoms with Crippen molar-refractivity contribution < 1.29 is 9.47 Å². The second-order valence-electron chi connectivity index (χ2n) is 5.13. The monoisotopic (exact) mass is 295 g/mol. The van der Waals surface area contributed by atoms with E-state index >= 15 is 0 Å². The fourth-order valence-corrected chi connectivity index (χ4v) is 2.30. The summed E-state index contributed by atoms with van der Waals surface area (Å²) in [6, 6.07) is 0. The highest BCUT2D eigenvalue weighted by Gasteiger charge is 2.17. The fraction of sp³-hybridized carbons (Fsp3) is 0.750.